The molecule has 0 aromatic heterocycles. The van der Waals surface area contributed by atoms with E-state index in [1.54, 1.807) is 0 Å². The molecule has 7 aromatic carbocycles. The minimum atomic E-state index is 0. The molecule has 0 atom stereocenters. The van der Waals surface area contributed by atoms with Crippen molar-refractivity contribution in [2.75, 3.05) is 0 Å². The van der Waals surface area contributed by atoms with Crippen LogP contribution in [-0.2, 0) is 23.9 Å². The Morgan fingerprint density at radius 3 is 1.57 bits per heavy atom. The Balaban J connectivity index is 0.000000171. The maximum absolute atomic E-state index is 5.87. The summed E-state index contributed by atoms with van der Waals surface area (Å²) in [5.74, 6) is 0. The van der Waals surface area contributed by atoms with E-state index in [-0.39, 0.29) is 24.8 Å². The second-order valence-corrected chi connectivity index (χ2v) is 12.7. The topological polar surface area (TPSA) is 0 Å². The molecule has 0 nitrogen and oxygen atoms in total. The van der Waals surface area contributed by atoms with E-state index in [0.29, 0.717) is 0 Å². The smallest absolute Gasteiger partial charge is 0.0255 e. The van der Waals surface area contributed by atoms with Gasteiger partial charge in [-0.3, -0.25) is 6.08 Å². The van der Waals surface area contributed by atoms with Crippen molar-refractivity contribution in [1.82, 2.24) is 0 Å². The van der Waals surface area contributed by atoms with Crippen LogP contribution in [0.2, 0.25) is 10.0 Å². The fourth-order valence-electron chi connectivity index (χ4n) is 5.35. The maximum Gasteiger partial charge on any atom is -0.0255 e. The molecule has 0 N–H and O–H groups in total. The molecule has 0 spiro atoms. The predicted molar refractivity (Wildman–Crippen MR) is 180 cm³/mol. The van der Waals surface area contributed by atoms with Crippen LogP contribution >= 0.6 is 23.2 Å². The van der Waals surface area contributed by atoms with E-state index < -0.39 is 0 Å². The van der Waals surface area contributed by atoms with Gasteiger partial charge < -0.3 is 24.8 Å². The van der Waals surface area contributed by atoms with Crippen LogP contribution in [0.5, 0.6) is 0 Å². The zero-order valence-electron chi connectivity index (χ0n) is 23.6. The number of fused-ring (bicyclic) bond motifs is 8. The molecule has 7 aromatic rings. The Kier molecular flexibility index (Phi) is 12.3. The molecule has 0 amide bonds. The summed E-state index contributed by atoms with van der Waals surface area (Å²) in [5.41, 5.74) is 2.47. The van der Waals surface area contributed by atoms with Crippen molar-refractivity contribution in [3.8, 4) is 0 Å². The normalized spacial score (nSPS) is 11.4. The van der Waals surface area contributed by atoms with Crippen LogP contribution in [0.3, 0.4) is 0 Å². The number of benzene rings is 6. The third-order valence-electron chi connectivity index (χ3n) is 7.35. The van der Waals surface area contributed by atoms with Gasteiger partial charge in [0.25, 0.3) is 0 Å². The molecular weight excluding hydrogens is 789 g/mol. The summed E-state index contributed by atoms with van der Waals surface area (Å²) in [6, 6.07) is 44.4. The molecule has 0 heterocycles. The van der Waals surface area contributed by atoms with Gasteiger partial charge in [-0.2, -0.15) is 6.08 Å². The van der Waals surface area contributed by atoms with Gasteiger partial charge in [-0.05, 0) is 10.8 Å². The first-order valence-corrected chi connectivity index (χ1v) is 16.3. The van der Waals surface area contributed by atoms with E-state index in [1.807, 2.05) is 36.4 Å². The summed E-state index contributed by atoms with van der Waals surface area (Å²) in [5, 5.41) is 12.4. The average Bonchev–Trinajstić information content (AvgIpc) is 3.75. The summed E-state index contributed by atoms with van der Waals surface area (Å²) in [6.07, 6.45) is 10.0. The van der Waals surface area contributed by atoms with E-state index in [1.165, 1.54) is 57.5 Å². The van der Waals surface area contributed by atoms with Gasteiger partial charge in [0.1, 0.15) is 0 Å². The van der Waals surface area contributed by atoms with Gasteiger partial charge in [-0.1, -0.05) is 77.5 Å². The summed E-state index contributed by atoms with van der Waals surface area (Å²) in [7, 11) is 0. The molecule has 0 aliphatic heterocycles. The molecule has 0 unspecified atom stereocenters. The zero-order valence-corrected chi connectivity index (χ0v) is 30.2. The van der Waals surface area contributed by atoms with Crippen molar-refractivity contribution < 1.29 is 48.7 Å². The minimum absolute atomic E-state index is 0. The summed E-state index contributed by atoms with van der Waals surface area (Å²) in [6.45, 7) is 0. The van der Waals surface area contributed by atoms with E-state index in [4.69, 9.17) is 23.2 Å². The van der Waals surface area contributed by atoms with Gasteiger partial charge in [-0.15, -0.1) is 40.1 Å². The molecule has 0 bridgehead atoms. The van der Waals surface area contributed by atoms with Crippen molar-refractivity contribution in [3.63, 3.8) is 0 Å². The number of rotatable bonds is 2. The molecule has 1 aliphatic carbocycles. The molecule has 44 heavy (non-hydrogen) atoms. The van der Waals surface area contributed by atoms with Crippen molar-refractivity contribution in [2.24, 2.45) is 0 Å². The summed E-state index contributed by atoms with van der Waals surface area (Å²) >= 11 is 12.7. The van der Waals surface area contributed by atoms with Gasteiger partial charge in [0.15, 0.2) is 0 Å². The largest absolute Gasteiger partial charge is 1.00 e. The fraction of sp³-hybridized carbons (Fsp3) is 0.0256. The van der Waals surface area contributed by atoms with Crippen LogP contribution in [0, 0.1) is 6.08 Å². The van der Waals surface area contributed by atoms with Crippen LogP contribution in [0.15, 0.2) is 146 Å². The Morgan fingerprint density at radius 1 is 0.591 bits per heavy atom. The Morgan fingerprint density at radius 2 is 1.07 bits per heavy atom. The molecule has 0 radical (unpaired) electrons. The summed E-state index contributed by atoms with van der Waals surface area (Å²) in [4.78, 5) is 0. The van der Waals surface area contributed by atoms with Gasteiger partial charge in [-0.25, -0.2) is 12.2 Å². The van der Waals surface area contributed by atoms with Gasteiger partial charge in [0, 0.05) is 0 Å². The van der Waals surface area contributed by atoms with E-state index in [2.05, 4.69) is 115 Å². The number of allylic oxidation sites excluding steroid dienone is 4. The third kappa shape index (κ3) is 7.48. The van der Waals surface area contributed by atoms with E-state index >= 15 is 0 Å². The first-order chi connectivity index (χ1) is 20.6. The van der Waals surface area contributed by atoms with Crippen molar-refractivity contribution in [3.05, 3.63) is 173 Å². The second kappa shape index (κ2) is 15.9. The van der Waals surface area contributed by atoms with Crippen molar-refractivity contribution in [2.45, 2.75) is 6.42 Å². The Labute approximate surface area is 295 Å². The monoisotopic (exact) mass is 814 g/mol. The predicted octanol–water partition coefficient (Wildman–Crippen LogP) is 5.44. The quantitative estimate of drug-likeness (QED) is 0.124. The van der Waals surface area contributed by atoms with Crippen LogP contribution in [0.1, 0.15) is 17.5 Å². The zero-order chi connectivity index (χ0) is 28.9. The Hall–Kier alpha value is -2.91. The molecular formula is C39H26Cl4Hf-2. The second-order valence-electron chi connectivity index (χ2n) is 10.0. The van der Waals surface area contributed by atoms with E-state index in [9.17, 15) is 0 Å². The van der Waals surface area contributed by atoms with Crippen molar-refractivity contribution >= 4 is 69.5 Å². The van der Waals surface area contributed by atoms with Crippen molar-refractivity contribution in [1.29, 1.82) is 0 Å². The van der Waals surface area contributed by atoms with Gasteiger partial charge in [0.05, 0.1) is 0 Å². The third-order valence-corrected chi connectivity index (χ3v) is 9.93. The van der Waals surface area contributed by atoms with Crippen LogP contribution in [0.4, 0.5) is 0 Å². The molecule has 5 heteroatoms. The SMILES string of the molecule is Clc1ccc([C](=[Hf+2])c2ccc(Cl)cc2)cc1.[C-]1=CC=CC1.[Cl-].[Cl-].c1ccc2c(c1)[cH-]c1c3ccccc3c3ccccc3c21. The molecule has 216 valence electrons. The number of halogens is 4. The molecule has 8 rings (SSSR count). The summed E-state index contributed by atoms with van der Waals surface area (Å²) < 4.78 is 1.35. The van der Waals surface area contributed by atoms with Crippen LogP contribution < -0.4 is 24.8 Å². The van der Waals surface area contributed by atoms with Gasteiger partial charge in [0.2, 0.25) is 0 Å². The molecule has 0 fully saturated rings. The first-order valence-electron chi connectivity index (χ1n) is 13.8. The van der Waals surface area contributed by atoms with Crippen LogP contribution in [0.25, 0.3) is 43.1 Å². The standard InChI is InChI=1S/C21H13.C13H8Cl2.C5H5.2ClH.Hf/c1-2-8-15-14(7-1)13-20-18-11-4-3-9-16(18)17-10-5-6-12-19(17)21(15)20;14-12-5-1-10(2-6-12)9-11-3-7-13(15)8-4-11;1-2-4-5-3-1;;;/h1-13H;1-8H;1-3H,4H2;2*1H;/q-1;;-1;;;+2/p-2. The average molecular weight is 815 g/mol. The number of hydrogen-bond acceptors (Lipinski definition) is 0. The first kappa shape index (κ1) is 34.0. The maximum atomic E-state index is 5.87. The molecule has 1 aliphatic rings. The molecule has 0 saturated carbocycles. The van der Waals surface area contributed by atoms with Gasteiger partial charge >= 0.3 is 120 Å². The minimum Gasteiger partial charge on any atom is -1.00 e. The van der Waals surface area contributed by atoms with E-state index in [0.717, 1.165) is 40.4 Å². The number of hydrogen-bond donors (Lipinski definition) is 0. The fourth-order valence-corrected chi connectivity index (χ4v) is 6.80. The Bertz CT molecular complexity index is 2030. The van der Waals surface area contributed by atoms with Crippen LogP contribution in [-0.4, -0.2) is 3.26 Å². The molecule has 0 saturated heterocycles.